The number of methoxy groups -OCH3 is 1. The van der Waals surface area contributed by atoms with Crippen molar-refractivity contribution in [2.45, 2.75) is 0 Å². The van der Waals surface area contributed by atoms with Gasteiger partial charge in [0.05, 0.1) is 29.9 Å². The number of anilines is 4. The fraction of sp³-hybridized carbons (Fsp3) is 0.259. The molecule has 1 saturated heterocycles. The van der Waals surface area contributed by atoms with Gasteiger partial charge in [-0.15, -0.1) is 0 Å². The first-order valence-corrected chi connectivity index (χ1v) is 12.4. The second kappa shape index (κ2) is 11.5. The SMILES string of the molecule is C=CC(=O)Nc1cccc(-n2cnc3cnc(Nc4ccc(N5CCN(CCOC)CC5)c(F)c4F)nc32)c1. The van der Waals surface area contributed by atoms with E-state index in [1.54, 1.807) is 42.3 Å². The number of halogens is 2. The number of fused-ring (bicyclic) bond motifs is 1. The van der Waals surface area contributed by atoms with E-state index < -0.39 is 11.6 Å². The molecular formula is C27H28F2N8O2. The molecule has 2 aromatic carbocycles. The van der Waals surface area contributed by atoms with Gasteiger partial charge in [-0.1, -0.05) is 12.6 Å². The zero-order valence-electron chi connectivity index (χ0n) is 21.4. The lowest BCUT2D eigenvalue weighted by Crippen LogP contribution is -2.47. The maximum atomic E-state index is 15.1. The number of rotatable bonds is 9. The average Bonchev–Trinajstić information content (AvgIpc) is 3.38. The quantitative estimate of drug-likeness (QED) is 0.314. The van der Waals surface area contributed by atoms with E-state index in [1.807, 2.05) is 11.0 Å². The zero-order valence-corrected chi connectivity index (χ0v) is 21.4. The molecule has 0 saturated carbocycles. The van der Waals surface area contributed by atoms with Crippen LogP contribution in [0.25, 0.3) is 16.9 Å². The van der Waals surface area contributed by atoms with Crippen LogP contribution in [-0.2, 0) is 9.53 Å². The lowest BCUT2D eigenvalue weighted by molar-refractivity contribution is -0.111. The minimum absolute atomic E-state index is 0.0745. The van der Waals surface area contributed by atoms with Crippen molar-refractivity contribution >= 4 is 40.1 Å². The molecular weight excluding hydrogens is 506 g/mol. The van der Waals surface area contributed by atoms with Crippen LogP contribution in [0.5, 0.6) is 0 Å². The van der Waals surface area contributed by atoms with Gasteiger partial charge in [-0.3, -0.25) is 14.3 Å². The fourth-order valence-electron chi connectivity index (χ4n) is 4.42. The molecule has 5 rings (SSSR count). The molecule has 4 aromatic rings. The Kier molecular flexibility index (Phi) is 7.75. The van der Waals surface area contributed by atoms with E-state index in [-0.39, 0.29) is 23.2 Å². The number of imidazole rings is 1. The summed E-state index contributed by atoms with van der Waals surface area (Å²) in [5, 5.41) is 5.50. The van der Waals surface area contributed by atoms with Gasteiger partial charge in [0, 0.05) is 45.5 Å². The summed E-state index contributed by atoms with van der Waals surface area (Å²) in [5.41, 5.74) is 2.36. The third-order valence-corrected chi connectivity index (χ3v) is 6.50. The number of ether oxygens (including phenoxy) is 1. The van der Waals surface area contributed by atoms with E-state index in [2.05, 4.69) is 37.1 Å². The van der Waals surface area contributed by atoms with Crippen LogP contribution in [0.4, 0.5) is 31.8 Å². The Morgan fingerprint density at radius 1 is 1.13 bits per heavy atom. The van der Waals surface area contributed by atoms with E-state index in [1.165, 1.54) is 18.3 Å². The van der Waals surface area contributed by atoms with Crippen molar-refractivity contribution in [3.05, 3.63) is 73.2 Å². The number of benzene rings is 2. The highest BCUT2D eigenvalue weighted by Gasteiger charge is 2.23. The molecule has 0 bridgehead atoms. The summed E-state index contributed by atoms with van der Waals surface area (Å²) in [6.45, 7) is 7.58. The molecule has 3 heterocycles. The topological polar surface area (TPSA) is 100 Å². The van der Waals surface area contributed by atoms with Crippen LogP contribution in [0.15, 0.2) is 61.6 Å². The molecule has 0 atom stereocenters. The van der Waals surface area contributed by atoms with Crippen molar-refractivity contribution < 1.29 is 18.3 Å². The minimum Gasteiger partial charge on any atom is -0.383 e. The zero-order chi connectivity index (χ0) is 27.4. The summed E-state index contributed by atoms with van der Waals surface area (Å²) < 4.78 is 37.1. The van der Waals surface area contributed by atoms with Gasteiger partial charge >= 0.3 is 0 Å². The molecule has 202 valence electrons. The third-order valence-electron chi connectivity index (χ3n) is 6.50. The van der Waals surface area contributed by atoms with Crippen molar-refractivity contribution in [3.8, 4) is 5.69 Å². The number of carbonyl (C=O) groups excluding carboxylic acids is 1. The Morgan fingerprint density at radius 3 is 2.72 bits per heavy atom. The smallest absolute Gasteiger partial charge is 0.247 e. The molecule has 1 fully saturated rings. The predicted octanol–water partition coefficient (Wildman–Crippen LogP) is 3.73. The highest BCUT2D eigenvalue weighted by atomic mass is 19.2. The second-order valence-electron chi connectivity index (χ2n) is 8.97. The Bertz CT molecular complexity index is 1500. The van der Waals surface area contributed by atoms with Gasteiger partial charge in [0.15, 0.2) is 17.3 Å². The fourth-order valence-corrected chi connectivity index (χ4v) is 4.42. The van der Waals surface area contributed by atoms with Crippen molar-refractivity contribution in [2.75, 3.05) is 62.0 Å². The average molecular weight is 535 g/mol. The Hall–Kier alpha value is -4.42. The van der Waals surface area contributed by atoms with Crippen molar-refractivity contribution in [1.29, 1.82) is 0 Å². The summed E-state index contributed by atoms with van der Waals surface area (Å²) in [6, 6.07) is 10.2. The number of carbonyl (C=O) groups is 1. The second-order valence-corrected chi connectivity index (χ2v) is 8.97. The molecule has 2 N–H and O–H groups in total. The molecule has 1 amide bonds. The van der Waals surface area contributed by atoms with Crippen LogP contribution < -0.4 is 15.5 Å². The molecule has 0 radical (unpaired) electrons. The van der Waals surface area contributed by atoms with Crippen LogP contribution in [-0.4, -0.2) is 76.8 Å². The molecule has 0 spiro atoms. The monoisotopic (exact) mass is 534 g/mol. The van der Waals surface area contributed by atoms with Gasteiger partial charge in [0.25, 0.3) is 0 Å². The number of nitrogens with zero attached hydrogens (tertiary/aromatic N) is 6. The molecule has 39 heavy (non-hydrogen) atoms. The molecule has 10 nitrogen and oxygen atoms in total. The summed E-state index contributed by atoms with van der Waals surface area (Å²) in [4.78, 5) is 28.8. The van der Waals surface area contributed by atoms with E-state index in [0.29, 0.717) is 42.2 Å². The maximum Gasteiger partial charge on any atom is 0.247 e. The van der Waals surface area contributed by atoms with Crippen LogP contribution in [0.1, 0.15) is 0 Å². The maximum absolute atomic E-state index is 15.1. The van der Waals surface area contributed by atoms with Crippen molar-refractivity contribution in [2.24, 2.45) is 0 Å². The first kappa shape index (κ1) is 26.2. The molecule has 12 heteroatoms. The normalized spacial score (nSPS) is 14.0. The first-order valence-electron chi connectivity index (χ1n) is 12.4. The highest BCUT2D eigenvalue weighted by molar-refractivity contribution is 5.99. The Labute approximate surface area is 223 Å². The van der Waals surface area contributed by atoms with Gasteiger partial charge in [0.1, 0.15) is 11.8 Å². The molecule has 0 aliphatic carbocycles. The van der Waals surface area contributed by atoms with Gasteiger partial charge in [0.2, 0.25) is 11.9 Å². The minimum atomic E-state index is -1.00. The largest absolute Gasteiger partial charge is 0.383 e. The number of hydrogen-bond acceptors (Lipinski definition) is 8. The van der Waals surface area contributed by atoms with Crippen LogP contribution in [0.3, 0.4) is 0 Å². The Balaban J connectivity index is 1.35. The van der Waals surface area contributed by atoms with E-state index in [9.17, 15) is 4.79 Å². The predicted molar refractivity (Wildman–Crippen MR) is 146 cm³/mol. The highest BCUT2D eigenvalue weighted by Crippen LogP contribution is 2.29. The van der Waals surface area contributed by atoms with Crippen LogP contribution >= 0.6 is 0 Å². The lowest BCUT2D eigenvalue weighted by Gasteiger charge is -2.36. The summed E-state index contributed by atoms with van der Waals surface area (Å²) in [5.74, 6) is -2.17. The number of aromatic nitrogens is 4. The summed E-state index contributed by atoms with van der Waals surface area (Å²) >= 11 is 0. The summed E-state index contributed by atoms with van der Waals surface area (Å²) in [7, 11) is 1.66. The number of hydrogen-bond donors (Lipinski definition) is 2. The molecule has 0 unspecified atom stereocenters. The lowest BCUT2D eigenvalue weighted by atomic mass is 10.2. The van der Waals surface area contributed by atoms with Gasteiger partial charge in [-0.25, -0.2) is 18.7 Å². The molecule has 1 aliphatic rings. The van der Waals surface area contributed by atoms with Gasteiger partial charge in [-0.05, 0) is 36.4 Å². The van der Waals surface area contributed by atoms with Gasteiger partial charge < -0.3 is 20.3 Å². The van der Waals surface area contributed by atoms with Gasteiger partial charge in [-0.2, -0.15) is 4.98 Å². The Morgan fingerprint density at radius 2 is 1.95 bits per heavy atom. The van der Waals surface area contributed by atoms with E-state index >= 15 is 8.78 Å². The summed E-state index contributed by atoms with van der Waals surface area (Å²) in [6.07, 6.45) is 4.25. The number of amides is 1. The molecule has 1 aliphatic heterocycles. The van der Waals surface area contributed by atoms with Crippen molar-refractivity contribution in [3.63, 3.8) is 0 Å². The van der Waals surface area contributed by atoms with E-state index in [4.69, 9.17) is 4.74 Å². The van der Waals surface area contributed by atoms with Crippen molar-refractivity contribution in [1.82, 2.24) is 24.4 Å². The standard InChI is InChI=1S/C27H28F2N8O2/c1-3-23(38)32-18-5-4-6-19(15-18)37-17-31-21-16-30-27(34-26(21)37)33-20-7-8-22(25(29)24(20)28)36-11-9-35(10-12-36)13-14-39-2/h3-8,15-17H,1,9-14H2,2H3,(H,32,38)(H,30,33,34). The van der Waals surface area contributed by atoms with Crippen LogP contribution in [0, 0.1) is 11.6 Å². The number of nitrogens with one attached hydrogen (secondary N) is 2. The molecule has 2 aromatic heterocycles. The number of piperazine rings is 1. The third kappa shape index (κ3) is 5.71. The van der Waals surface area contributed by atoms with E-state index in [0.717, 1.165) is 19.6 Å². The van der Waals surface area contributed by atoms with Crippen LogP contribution in [0.2, 0.25) is 0 Å². The first-order chi connectivity index (χ1) is 19.0.